The van der Waals surface area contributed by atoms with Gasteiger partial charge in [0.15, 0.2) is 5.13 Å². The van der Waals surface area contributed by atoms with Crippen LogP contribution in [0.4, 0.5) is 16.5 Å². The molecule has 0 radical (unpaired) electrons. The van der Waals surface area contributed by atoms with E-state index in [1.807, 2.05) is 30.0 Å². The van der Waals surface area contributed by atoms with Gasteiger partial charge >= 0.3 is 0 Å². The van der Waals surface area contributed by atoms with Gasteiger partial charge in [0.2, 0.25) is 0 Å². The Hall–Kier alpha value is -3.00. The number of nitro benzene ring substituents is 1. The van der Waals surface area contributed by atoms with Crippen molar-refractivity contribution in [1.29, 1.82) is 0 Å². The Morgan fingerprint density at radius 1 is 1.24 bits per heavy atom. The van der Waals surface area contributed by atoms with Gasteiger partial charge in [0.1, 0.15) is 5.69 Å². The normalized spacial score (nSPS) is 14.9. The molecule has 0 atom stereocenters. The molecule has 1 fully saturated rings. The molecule has 150 valence electrons. The molecule has 29 heavy (non-hydrogen) atoms. The van der Waals surface area contributed by atoms with E-state index in [0.717, 1.165) is 41.7 Å². The lowest BCUT2D eigenvalue weighted by atomic mass is 9.98. The van der Waals surface area contributed by atoms with Gasteiger partial charge in [-0.3, -0.25) is 20.2 Å². The minimum absolute atomic E-state index is 0.0351. The molecule has 7 nitrogen and oxygen atoms in total. The minimum atomic E-state index is -0.412. The fourth-order valence-corrected chi connectivity index (χ4v) is 4.54. The molecule has 1 aromatic heterocycles. The highest BCUT2D eigenvalue weighted by Gasteiger charge is 2.25. The van der Waals surface area contributed by atoms with E-state index in [2.05, 4.69) is 17.2 Å². The second kappa shape index (κ2) is 7.79. The fraction of sp³-hybridized carbons (Fsp3) is 0.333. The second-order valence-corrected chi connectivity index (χ2v) is 8.61. The van der Waals surface area contributed by atoms with Crippen LogP contribution in [-0.4, -0.2) is 28.9 Å². The first-order valence-corrected chi connectivity index (χ1v) is 10.4. The average Bonchev–Trinajstić information content (AvgIpc) is 3.09. The molecule has 1 amide bonds. The molecule has 0 bridgehead atoms. The summed E-state index contributed by atoms with van der Waals surface area (Å²) < 4.78 is 0.987. The van der Waals surface area contributed by atoms with E-state index < -0.39 is 10.8 Å². The largest absolute Gasteiger partial charge is 0.366 e. The number of aromatic nitrogens is 1. The molecule has 1 saturated heterocycles. The molecule has 8 heteroatoms. The summed E-state index contributed by atoms with van der Waals surface area (Å²) in [5, 5.41) is 14.9. The predicted molar refractivity (Wildman–Crippen MR) is 116 cm³/mol. The van der Waals surface area contributed by atoms with E-state index in [-0.39, 0.29) is 11.3 Å². The number of nitrogens with one attached hydrogen (secondary N) is 1. The van der Waals surface area contributed by atoms with Crippen LogP contribution in [0, 0.1) is 23.0 Å². The summed E-state index contributed by atoms with van der Waals surface area (Å²) in [4.78, 5) is 30.4. The van der Waals surface area contributed by atoms with Crippen LogP contribution in [0.3, 0.4) is 0 Å². The van der Waals surface area contributed by atoms with E-state index in [9.17, 15) is 14.9 Å². The first kappa shape index (κ1) is 19.3. The SMILES string of the molecule is Cc1ccc2nc(NC(=O)c3ccc(N4CCC(C)CC4)c([N+](=O)[O-])c3)sc2c1. The number of benzene rings is 2. The number of carbonyl (C=O) groups excluding carboxylic acids is 1. The smallest absolute Gasteiger partial charge is 0.293 e. The quantitative estimate of drug-likeness (QED) is 0.483. The summed E-state index contributed by atoms with van der Waals surface area (Å²) in [5.41, 5.74) is 2.73. The Kier molecular flexibility index (Phi) is 5.19. The highest BCUT2D eigenvalue weighted by atomic mass is 32.1. The van der Waals surface area contributed by atoms with Gasteiger partial charge in [-0.2, -0.15) is 0 Å². The number of aryl methyl sites for hydroxylation is 1. The third-order valence-electron chi connectivity index (χ3n) is 5.32. The van der Waals surface area contributed by atoms with Crippen LogP contribution >= 0.6 is 11.3 Å². The Morgan fingerprint density at radius 3 is 2.72 bits per heavy atom. The van der Waals surface area contributed by atoms with Gasteiger partial charge in [0.05, 0.1) is 15.1 Å². The third kappa shape index (κ3) is 4.07. The van der Waals surface area contributed by atoms with Crippen LogP contribution in [0.5, 0.6) is 0 Å². The van der Waals surface area contributed by atoms with Crippen molar-refractivity contribution in [2.24, 2.45) is 5.92 Å². The number of piperidine rings is 1. The number of fused-ring (bicyclic) bond motifs is 1. The van der Waals surface area contributed by atoms with Crippen molar-refractivity contribution in [3.05, 3.63) is 57.6 Å². The van der Waals surface area contributed by atoms with Crippen molar-refractivity contribution < 1.29 is 9.72 Å². The van der Waals surface area contributed by atoms with Crippen molar-refractivity contribution in [3.8, 4) is 0 Å². The maximum Gasteiger partial charge on any atom is 0.293 e. The molecule has 2 heterocycles. The van der Waals surface area contributed by atoms with E-state index in [4.69, 9.17) is 0 Å². The van der Waals surface area contributed by atoms with Gasteiger partial charge in [0.25, 0.3) is 11.6 Å². The zero-order chi connectivity index (χ0) is 20.5. The summed E-state index contributed by atoms with van der Waals surface area (Å²) in [5.74, 6) is 0.232. The van der Waals surface area contributed by atoms with Crippen LogP contribution in [-0.2, 0) is 0 Å². The molecule has 1 N–H and O–H groups in total. The Morgan fingerprint density at radius 2 is 2.00 bits per heavy atom. The molecule has 0 spiro atoms. The number of hydrogen-bond donors (Lipinski definition) is 1. The molecular weight excluding hydrogens is 388 g/mol. The van der Waals surface area contributed by atoms with Crippen LogP contribution in [0.1, 0.15) is 35.7 Å². The number of hydrogen-bond acceptors (Lipinski definition) is 6. The molecule has 0 aliphatic carbocycles. The van der Waals surface area contributed by atoms with Crippen LogP contribution in [0.2, 0.25) is 0 Å². The number of thiazole rings is 1. The summed E-state index contributed by atoms with van der Waals surface area (Å²) >= 11 is 1.39. The maximum absolute atomic E-state index is 12.7. The standard InChI is InChI=1S/C21H22N4O3S/c1-13-7-9-24(10-8-13)17-6-4-15(12-18(17)25(27)28)20(26)23-21-22-16-5-3-14(2)11-19(16)29-21/h3-6,11-13H,7-10H2,1-2H3,(H,22,23,26). The molecule has 0 unspecified atom stereocenters. The number of nitro groups is 1. The fourth-order valence-electron chi connectivity index (χ4n) is 3.58. The number of rotatable bonds is 4. The van der Waals surface area contributed by atoms with Gasteiger partial charge in [-0.15, -0.1) is 0 Å². The first-order chi connectivity index (χ1) is 13.9. The molecule has 1 aliphatic rings. The molecule has 0 saturated carbocycles. The minimum Gasteiger partial charge on any atom is -0.366 e. The lowest BCUT2D eigenvalue weighted by Crippen LogP contribution is -2.33. The molecule has 1 aliphatic heterocycles. The van der Waals surface area contributed by atoms with E-state index >= 15 is 0 Å². The lowest BCUT2D eigenvalue weighted by Gasteiger charge is -2.31. The highest BCUT2D eigenvalue weighted by molar-refractivity contribution is 7.22. The lowest BCUT2D eigenvalue weighted by molar-refractivity contribution is -0.384. The van der Waals surface area contributed by atoms with Crippen LogP contribution in [0.15, 0.2) is 36.4 Å². The van der Waals surface area contributed by atoms with Gasteiger partial charge in [-0.25, -0.2) is 4.98 Å². The number of anilines is 2. The van der Waals surface area contributed by atoms with Crippen LogP contribution in [0.25, 0.3) is 10.2 Å². The Bertz CT molecular complexity index is 1090. The Labute approximate surface area is 172 Å². The number of carbonyl (C=O) groups is 1. The van der Waals surface area contributed by atoms with Crippen molar-refractivity contribution >= 4 is 44.0 Å². The van der Waals surface area contributed by atoms with Gasteiger partial charge < -0.3 is 4.90 Å². The summed E-state index contributed by atoms with van der Waals surface area (Å²) in [6.45, 7) is 5.78. The topological polar surface area (TPSA) is 88.4 Å². The number of nitrogens with zero attached hydrogens (tertiary/aromatic N) is 3. The summed E-state index contributed by atoms with van der Waals surface area (Å²) in [6.07, 6.45) is 2.02. The molecule has 3 aromatic rings. The van der Waals surface area contributed by atoms with E-state index in [1.54, 1.807) is 12.1 Å². The molecular formula is C21H22N4O3S. The Balaban J connectivity index is 1.57. The van der Waals surface area contributed by atoms with Gasteiger partial charge in [-0.05, 0) is 55.5 Å². The zero-order valence-electron chi connectivity index (χ0n) is 16.3. The van der Waals surface area contributed by atoms with Gasteiger partial charge in [-0.1, -0.05) is 24.3 Å². The maximum atomic E-state index is 12.7. The third-order valence-corrected chi connectivity index (χ3v) is 6.26. The van der Waals surface area contributed by atoms with Crippen molar-refractivity contribution in [1.82, 2.24) is 4.98 Å². The first-order valence-electron chi connectivity index (χ1n) is 9.62. The summed E-state index contributed by atoms with van der Waals surface area (Å²) in [7, 11) is 0. The monoisotopic (exact) mass is 410 g/mol. The average molecular weight is 410 g/mol. The van der Waals surface area contributed by atoms with Crippen molar-refractivity contribution in [3.63, 3.8) is 0 Å². The molecule has 2 aromatic carbocycles. The zero-order valence-corrected chi connectivity index (χ0v) is 17.2. The van der Waals surface area contributed by atoms with Gasteiger partial charge in [0, 0.05) is 24.7 Å². The predicted octanol–water partition coefficient (Wildman–Crippen LogP) is 5.00. The highest BCUT2D eigenvalue weighted by Crippen LogP contribution is 2.33. The number of amides is 1. The van der Waals surface area contributed by atoms with Crippen molar-refractivity contribution in [2.45, 2.75) is 26.7 Å². The van der Waals surface area contributed by atoms with E-state index in [1.165, 1.54) is 17.4 Å². The molecule has 4 rings (SSSR count). The van der Waals surface area contributed by atoms with E-state index in [0.29, 0.717) is 16.7 Å². The van der Waals surface area contributed by atoms with Crippen molar-refractivity contribution in [2.75, 3.05) is 23.3 Å². The second-order valence-electron chi connectivity index (χ2n) is 7.57. The van der Waals surface area contributed by atoms with Crippen LogP contribution < -0.4 is 10.2 Å². The summed E-state index contributed by atoms with van der Waals surface area (Å²) in [6, 6.07) is 10.6.